The van der Waals surface area contributed by atoms with Crippen LogP contribution in [-0.4, -0.2) is 16.3 Å². The van der Waals surface area contributed by atoms with Crippen molar-refractivity contribution in [2.45, 2.75) is 46.9 Å². The molecule has 114 valence electrons. The molecule has 0 aliphatic rings. The molecular formula is C17H25N3O. The van der Waals surface area contributed by atoms with E-state index >= 15 is 0 Å². The van der Waals surface area contributed by atoms with Crippen LogP contribution in [0.3, 0.4) is 0 Å². The van der Waals surface area contributed by atoms with E-state index in [4.69, 9.17) is 4.74 Å². The number of rotatable bonds is 7. The SMILES string of the molecule is CCNC(C)c1cc(C)ccc1OCc1cnn(CC)c1. The predicted octanol–water partition coefficient (Wildman–Crippen LogP) is 3.46. The Bertz CT molecular complexity index is 577. The molecular weight excluding hydrogens is 262 g/mol. The van der Waals surface area contributed by atoms with Crippen molar-refractivity contribution in [3.8, 4) is 5.75 Å². The van der Waals surface area contributed by atoms with Crippen LogP contribution in [0.1, 0.15) is 43.5 Å². The van der Waals surface area contributed by atoms with Crippen LogP contribution >= 0.6 is 0 Å². The van der Waals surface area contributed by atoms with Crippen LogP contribution < -0.4 is 10.1 Å². The van der Waals surface area contributed by atoms with Gasteiger partial charge in [-0.25, -0.2) is 0 Å². The molecule has 1 aromatic carbocycles. The van der Waals surface area contributed by atoms with E-state index in [-0.39, 0.29) is 6.04 Å². The summed E-state index contributed by atoms with van der Waals surface area (Å²) in [5, 5.41) is 7.72. The van der Waals surface area contributed by atoms with E-state index in [2.05, 4.69) is 56.3 Å². The zero-order chi connectivity index (χ0) is 15.2. The maximum atomic E-state index is 6.01. The first-order chi connectivity index (χ1) is 10.1. The topological polar surface area (TPSA) is 39.1 Å². The number of nitrogens with zero attached hydrogens (tertiary/aromatic N) is 2. The summed E-state index contributed by atoms with van der Waals surface area (Å²) >= 11 is 0. The molecule has 2 rings (SSSR count). The first-order valence-electron chi connectivity index (χ1n) is 7.62. The molecule has 0 fully saturated rings. The normalized spacial score (nSPS) is 12.4. The van der Waals surface area contributed by atoms with Gasteiger partial charge in [-0.1, -0.05) is 24.6 Å². The van der Waals surface area contributed by atoms with Gasteiger partial charge in [0.15, 0.2) is 0 Å². The van der Waals surface area contributed by atoms with Crippen LogP contribution in [0.4, 0.5) is 0 Å². The standard InChI is InChI=1S/C17H25N3O/c1-5-18-14(4)16-9-13(3)7-8-17(16)21-12-15-10-19-20(6-2)11-15/h7-11,14,18H,5-6,12H2,1-4H3. The van der Waals surface area contributed by atoms with Gasteiger partial charge >= 0.3 is 0 Å². The Labute approximate surface area is 127 Å². The van der Waals surface area contributed by atoms with Gasteiger partial charge in [0.05, 0.1) is 6.20 Å². The monoisotopic (exact) mass is 287 g/mol. The Morgan fingerprint density at radius 1 is 1.33 bits per heavy atom. The molecule has 4 nitrogen and oxygen atoms in total. The molecule has 0 radical (unpaired) electrons. The third-order valence-corrected chi connectivity index (χ3v) is 3.55. The lowest BCUT2D eigenvalue weighted by atomic mass is 10.0. The summed E-state index contributed by atoms with van der Waals surface area (Å²) in [6.07, 6.45) is 3.90. The van der Waals surface area contributed by atoms with Crippen molar-refractivity contribution in [3.63, 3.8) is 0 Å². The number of hydrogen-bond donors (Lipinski definition) is 1. The average Bonchev–Trinajstić information content (AvgIpc) is 2.94. The van der Waals surface area contributed by atoms with Gasteiger partial charge in [-0.15, -0.1) is 0 Å². The number of aromatic nitrogens is 2. The molecule has 0 aliphatic heterocycles. The summed E-state index contributed by atoms with van der Waals surface area (Å²) in [5.74, 6) is 0.943. The highest BCUT2D eigenvalue weighted by Gasteiger charge is 2.11. The van der Waals surface area contributed by atoms with Crippen molar-refractivity contribution < 1.29 is 4.74 Å². The van der Waals surface area contributed by atoms with Crippen LogP contribution in [0.25, 0.3) is 0 Å². The van der Waals surface area contributed by atoms with Crippen molar-refractivity contribution in [2.24, 2.45) is 0 Å². The summed E-state index contributed by atoms with van der Waals surface area (Å²) in [5.41, 5.74) is 3.56. The van der Waals surface area contributed by atoms with E-state index in [1.54, 1.807) is 0 Å². The van der Waals surface area contributed by atoms with Crippen LogP contribution in [0, 0.1) is 6.92 Å². The third-order valence-electron chi connectivity index (χ3n) is 3.55. The van der Waals surface area contributed by atoms with E-state index in [1.165, 1.54) is 11.1 Å². The second kappa shape index (κ2) is 7.27. The maximum absolute atomic E-state index is 6.01. The Morgan fingerprint density at radius 3 is 2.81 bits per heavy atom. The second-order valence-electron chi connectivity index (χ2n) is 5.31. The molecule has 0 aliphatic carbocycles. The van der Waals surface area contributed by atoms with Gasteiger partial charge < -0.3 is 10.1 Å². The lowest BCUT2D eigenvalue weighted by molar-refractivity contribution is 0.299. The van der Waals surface area contributed by atoms with E-state index < -0.39 is 0 Å². The maximum Gasteiger partial charge on any atom is 0.124 e. The molecule has 0 bridgehead atoms. The highest BCUT2D eigenvalue weighted by atomic mass is 16.5. The molecule has 1 heterocycles. The molecule has 1 atom stereocenters. The van der Waals surface area contributed by atoms with Gasteiger partial charge in [0.2, 0.25) is 0 Å². The van der Waals surface area contributed by atoms with Crippen molar-refractivity contribution in [3.05, 3.63) is 47.3 Å². The molecule has 1 N–H and O–H groups in total. The number of ether oxygens (including phenoxy) is 1. The van der Waals surface area contributed by atoms with Gasteiger partial charge in [-0.2, -0.15) is 5.10 Å². The summed E-state index contributed by atoms with van der Waals surface area (Å²) in [7, 11) is 0. The fraction of sp³-hybridized carbons (Fsp3) is 0.471. The summed E-state index contributed by atoms with van der Waals surface area (Å²) in [6, 6.07) is 6.62. The Kier molecular flexibility index (Phi) is 5.39. The van der Waals surface area contributed by atoms with E-state index in [9.17, 15) is 0 Å². The van der Waals surface area contributed by atoms with E-state index in [0.29, 0.717) is 6.61 Å². The minimum atomic E-state index is 0.281. The zero-order valence-electron chi connectivity index (χ0n) is 13.4. The molecule has 0 spiro atoms. The molecule has 0 saturated carbocycles. The first kappa shape index (κ1) is 15.6. The number of nitrogens with one attached hydrogen (secondary N) is 1. The minimum Gasteiger partial charge on any atom is -0.488 e. The molecule has 1 unspecified atom stereocenters. The predicted molar refractivity (Wildman–Crippen MR) is 85.5 cm³/mol. The number of hydrogen-bond acceptors (Lipinski definition) is 3. The number of aryl methyl sites for hydroxylation is 2. The van der Waals surface area contributed by atoms with Crippen molar-refractivity contribution in [1.29, 1.82) is 0 Å². The molecule has 21 heavy (non-hydrogen) atoms. The lowest BCUT2D eigenvalue weighted by Crippen LogP contribution is -2.18. The number of benzene rings is 1. The highest BCUT2D eigenvalue weighted by Crippen LogP contribution is 2.27. The summed E-state index contributed by atoms with van der Waals surface area (Å²) in [4.78, 5) is 0. The van der Waals surface area contributed by atoms with Gasteiger partial charge in [0.1, 0.15) is 12.4 Å². The molecule has 1 aromatic heterocycles. The zero-order valence-corrected chi connectivity index (χ0v) is 13.4. The lowest BCUT2D eigenvalue weighted by Gasteiger charge is -2.18. The third kappa shape index (κ3) is 4.08. The van der Waals surface area contributed by atoms with Crippen LogP contribution in [0.2, 0.25) is 0 Å². The molecule has 4 heteroatoms. The van der Waals surface area contributed by atoms with Gasteiger partial charge in [0, 0.05) is 29.9 Å². The summed E-state index contributed by atoms with van der Waals surface area (Å²) < 4.78 is 7.92. The van der Waals surface area contributed by atoms with Gasteiger partial charge in [0.25, 0.3) is 0 Å². The van der Waals surface area contributed by atoms with Crippen LogP contribution in [0.15, 0.2) is 30.6 Å². The van der Waals surface area contributed by atoms with Crippen molar-refractivity contribution in [1.82, 2.24) is 15.1 Å². The van der Waals surface area contributed by atoms with E-state index in [0.717, 1.165) is 24.4 Å². The fourth-order valence-corrected chi connectivity index (χ4v) is 2.37. The second-order valence-corrected chi connectivity index (χ2v) is 5.31. The molecule has 0 saturated heterocycles. The fourth-order valence-electron chi connectivity index (χ4n) is 2.37. The molecule has 0 amide bonds. The quantitative estimate of drug-likeness (QED) is 0.847. The minimum absolute atomic E-state index is 0.281. The van der Waals surface area contributed by atoms with Gasteiger partial charge in [-0.3, -0.25) is 4.68 Å². The first-order valence-corrected chi connectivity index (χ1v) is 7.62. The average molecular weight is 287 g/mol. The Balaban J connectivity index is 2.11. The van der Waals surface area contributed by atoms with Crippen molar-refractivity contribution >= 4 is 0 Å². The van der Waals surface area contributed by atoms with Gasteiger partial charge in [-0.05, 0) is 33.4 Å². The van der Waals surface area contributed by atoms with Crippen LogP contribution in [-0.2, 0) is 13.2 Å². The largest absolute Gasteiger partial charge is 0.488 e. The van der Waals surface area contributed by atoms with E-state index in [1.807, 2.05) is 17.1 Å². The van der Waals surface area contributed by atoms with Crippen LogP contribution in [0.5, 0.6) is 5.75 Å². The Morgan fingerprint density at radius 2 is 2.14 bits per heavy atom. The Hall–Kier alpha value is -1.81. The van der Waals surface area contributed by atoms with Crippen molar-refractivity contribution in [2.75, 3.05) is 6.54 Å². The molecule has 2 aromatic rings. The summed E-state index contributed by atoms with van der Waals surface area (Å²) in [6.45, 7) is 10.8. The highest BCUT2D eigenvalue weighted by molar-refractivity contribution is 5.39. The smallest absolute Gasteiger partial charge is 0.124 e.